The molecule has 0 aliphatic carbocycles. The van der Waals surface area contributed by atoms with Gasteiger partial charge in [0.2, 0.25) is 11.8 Å². The number of carbonyl (C=O) groups excluding carboxylic acids is 3. The molecule has 0 radical (unpaired) electrons. The van der Waals surface area contributed by atoms with Crippen LogP contribution in [0.15, 0.2) is 12.1 Å². The lowest BCUT2D eigenvalue weighted by molar-refractivity contribution is -0.140. The Hall–Kier alpha value is -1.24. The molecule has 0 spiro atoms. The molecule has 7 heteroatoms. The van der Waals surface area contributed by atoms with Crippen molar-refractivity contribution in [1.29, 1.82) is 0 Å². The molecule has 0 bridgehead atoms. The van der Waals surface area contributed by atoms with Crippen molar-refractivity contribution < 1.29 is 14.4 Å². The molecular weight excluding hydrogens is 300 g/mol. The van der Waals surface area contributed by atoms with Crippen LogP contribution in [-0.2, 0) is 9.59 Å². The number of hydrogen-bond acceptors (Lipinski definition) is 5. The predicted octanol–water partition coefficient (Wildman–Crippen LogP) is 1.71. The summed E-state index contributed by atoms with van der Waals surface area (Å²) in [6.45, 7) is 3.62. The summed E-state index contributed by atoms with van der Waals surface area (Å²) in [4.78, 5) is 37.9. The van der Waals surface area contributed by atoms with Crippen LogP contribution in [0.3, 0.4) is 0 Å². The van der Waals surface area contributed by atoms with Crippen molar-refractivity contribution in [3.63, 3.8) is 0 Å². The predicted molar refractivity (Wildman–Crippen MR) is 77.1 cm³/mol. The fourth-order valence-corrected chi connectivity index (χ4v) is 3.38. The number of nitrogens with one attached hydrogen (secondary N) is 1. The molecule has 2 amide bonds. The Labute approximate surface area is 125 Å². The summed E-state index contributed by atoms with van der Waals surface area (Å²) in [5.41, 5.74) is 0. The van der Waals surface area contributed by atoms with E-state index in [4.69, 9.17) is 11.6 Å². The van der Waals surface area contributed by atoms with Crippen molar-refractivity contribution in [2.45, 2.75) is 32.4 Å². The number of halogens is 1. The van der Waals surface area contributed by atoms with Crippen molar-refractivity contribution in [3.05, 3.63) is 21.3 Å². The summed E-state index contributed by atoms with van der Waals surface area (Å²) in [5.74, 6) is -0.834. The lowest BCUT2D eigenvalue weighted by atomic mass is 10.0. The highest BCUT2D eigenvalue weighted by Crippen LogP contribution is 2.25. The quantitative estimate of drug-likeness (QED) is 0.678. The molecule has 1 aromatic rings. The van der Waals surface area contributed by atoms with Crippen LogP contribution in [0, 0.1) is 0 Å². The largest absolute Gasteiger partial charge is 0.294 e. The molecule has 1 aromatic heterocycles. The maximum absolute atomic E-state index is 12.4. The van der Waals surface area contributed by atoms with Gasteiger partial charge in [-0.05, 0) is 25.5 Å². The number of imide groups is 1. The molecule has 1 fully saturated rings. The van der Waals surface area contributed by atoms with E-state index < -0.39 is 12.1 Å². The minimum atomic E-state index is -0.537. The summed E-state index contributed by atoms with van der Waals surface area (Å²) in [6, 6.07) is 2.34. The molecule has 2 rings (SSSR count). The Morgan fingerprint density at radius 2 is 2.25 bits per heavy atom. The highest BCUT2D eigenvalue weighted by atomic mass is 35.5. The molecule has 2 heterocycles. The molecule has 1 aliphatic heterocycles. The molecule has 1 aliphatic rings. The zero-order valence-electron chi connectivity index (χ0n) is 11.2. The highest BCUT2D eigenvalue weighted by molar-refractivity contribution is 7.18. The average Bonchev–Trinajstić information content (AvgIpc) is 2.83. The lowest BCUT2D eigenvalue weighted by Gasteiger charge is -2.36. The standard InChI is InChI=1S/C13H15ClN2O3S/c1-3-8-13(19)15-11(17)6-16(8)7(2)12(18)9-4-5-10(14)20-9/h4-5,7-8H,3,6H2,1-2H3,(H,15,17,19). The fraction of sp³-hybridized carbons (Fsp3) is 0.462. The van der Waals surface area contributed by atoms with Gasteiger partial charge in [0.05, 0.1) is 27.8 Å². The molecule has 108 valence electrons. The number of thiophene rings is 1. The van der Waals surface area contributed by atoms with Crippen LogP contribution < -0.4 is 5.32 Å². The molecule has 20 heavy (non-hydrogen) atoms. The van der Waals surface area contributed by atoms with Gasteiger partial charge in [0.1, 0.15) is 0 Å². The number of piperazine rings is 1. The molecule has 0 aromatic carbocycles. The third kappa shape index (κ3) is 2.92. The third-order valence-corrected chi connectivity index (χ3v) is 4.62. The van der Waals surface area contributed by atoms with Gasteiger partial charge in [-0.2, -0.15) is 0 Å². The second-order valence-electron chi connectivity index (χ2n) is 4.65. The van der Waals surface area contributed by atoms with Gasteiger partial charge in [0, 0.05) is 0 Å². The number of carbonyl (C=O) groups is 3. The van der Waals surface area contributed by atoms with Crippen LogP contribution in [-0.4, -0.2) is 41.1 Å². The Morgan fingerprint density at radius 1 is 1.55 bits per heavy atom. The lowest BCUT2D eigenvalue weighted by Crippen LogP contribution is -2.61. The Morgan fingerprint density at radius 3 is 2.80 bits per heavy atom. The molecule has 1 N–H and O–H groups in total. The van der Waals surface area contributed by atoms with Gasteiger partial charge in [-0.25, -0.2) is 0 Å². The fourth-order valence-electron chi connectivity index (χ4n) is 2.32. The number of hydrogen-bond donors (Lipinski definition) is 1. The van der Waals surface area contributed by atoms with Crippen LogP contribution in [0.4, 0.5) is 0 Å². The normalized spacial score (nSPS) is 21.6. The maximum Gasteiger partial charge on any atom is 0.243 e. The van der Waals surface area contributed by atoms with E-state index in [-0.39, 0.29) is 24.1 Å². The van der Waals surface area contributed by atoms with Crippen LogP contribution in [0.5, 0.6) is 0 Å². The second-order valence-corrected chi connectivity index (χ2v) is 6.37. The zero-order valence-corrected chi connectivity index (χ0v) is 12.8. The Balaban J connectivity index is 2.21. The second kappa shape index (κ2) is 6.03. The van der Waals surface area contributed by atoms with Crippen molar-refractivity contribution in [1.82, 2.24) is 10.2 Å². The number of ketones is 1. The van der Waals surface area contributed by atoms with Crippen molar-refractivity contribution in [3.8, 4) is 0 Å². The Bertz CT molecular complexity index is 558. The van der Waals surface area contributed by atoms with E-state index in [1.165, 1.54) is 11.3 Å². The molecule has 1 saturated heterocycles. The summed E-state index contributed by atoms with van der Waals surface area (Å²) in [5, 5.41) is 2.30. The molecule has 2 unspecified atom stereocenters. The van der Waals surface area contributed by atoms with Gasteiger partial charge in [-0.3, -0.25) is 24.6 Å². The number of rotatable bonds is 4. The monoisotopic (exact) mass is 314 g/mol. The first-order chi connectivity index (χ1) is 9.43. The van der Waals surface area contributed by atoms with E-state index in [0.29, 0.717) is 15.6 Å². The smallest absolute Gasteiger partial charge is 0.243 e. The maximum atomic E-state index is 12.4. The van der Waals surface area contributed by atoms with E-state index in [0.717, 1.165) is 0 Å². The molecular formula is C13H15ClN2O3S. The summed E-state index contributed by atoms with van der Waals surface area (Å²) >= 11 is 7.03. The molecule has 5 nitrogen and oxygen atoms in total. The minimum Gasteiger partial charge on any atom is -0.294 e. The minimum absolute atomic E-state index is 0.0518. The van der Waals surface area contributed by atoms with E-state index in [9.17, 15) is 14.4 Å². The van der Waals surface area contributed by atoms with Gasteiger partial charge in [-0.15, -0.1) is 11.3 Å². The number of nitrogens with zero attached hydrogens (tertiary/aromatic N) is 1. The van der Waals surface area contributed by atoms with Gasteiger partial charge in [0.15, 0.2) is 5.78 Å². The first kappa shape index (κ1) is 15.2. The van der Waals surface area contributed by atoms with Gasteiger partial charge < -0.3 is 0 Å². The molecule has 0 saturated carbocycles. The van der Waals surface area contributed by atoms with Crippen LogP contribution in [0.1, 0.15) is 29.9 Å². The number of Topliss-reactive ketones (excluding diaryl/α,β-unsaturated/α-hetero) is 1. The SMILES string of the molecule is CCC1C(=O)NC(=O)CN1C(C)C(=O)c1ccc(Cl)s1. The topological polar surface area (TPSA) is 66.5 Å². The zero-order chi connectivity index (χ0) is 14.9. The van der Waals surface area contributed by atoms with E-state index in [2.05, 4.69) is 5.32 Å². The van der Waals surface area contributed by atoms with Crippen molar-refractivity contribution >= 4 is 40.5 Å². The van der Waals surface area contributed by atoms with Crippen LogP contribution in [0.2, 0.25) is 4.34 Å². The van der Waals surface area contributed by atoms with Gasteiger partial charge >= 0.3 is 0 Å². The van der Waals surface area contributed by atoms with E-state index in [1.807, 2.05) is 6.92 Å². The molecule has 2 atom stereocenters. The van der Waals surface area contributed by atoms with Crippen LogP contribution >= 0.6 is 22.9 Å². The van der Waals surface area contributed by atoms with E-state index >= 15 is 0 Å². The first-order valence-electron chi connectivity index (χ1n) is 6.33. The Kier molecular flexibility index (Phi) is 4.57. The van der Waals surface area contributed by atoms with Crippen molar-refractivity contribution in [2.24, 2.45) is 0 Å². The third-order valence-electron chi connectivity index (χ3n) is 3.37. The first-order valence-corrected chi connectivity index (χ1v) is 7.52. The number of amides is 2. The summed E-state index contributed by atoms with van der Waals surface area (Å²) in [6.07, 6.45) is 0.544. The van der Waals surface area contributed by atoms with Gasteiger partial charge in [0.25, 0.3) is 0 Å². The summed E-state index contributed by atoms with van der Waals surface area (Å²) < 4.78 is 0.542. The average molecular weight is 315 g/mol. The van der Waals surface area contributed by atoms with Gasteiger partial charge in [-0.1, -0.05) is 18.5 Å². The van der Waals surface area contributed by atoms with E-state index in [1.54, 1.807) is 24.0 Å². The summed E-state index contributed by atoms with van der Waals surface area (Å²) in [7, 11) is 0. The highest BCUT2D eigenvalue weighted by Gasteiger charge is 2.37. The van der Waals surface area contributed by atoms with Crippen molar-refractivity contribution in [2.75, 3.05) is 6.54 Å². The van der Waals surface area contributed by atoms with Crippen LogP contribution in [0.25, 0.3) is 0 Å².